The maximum atomic E-state index is 11.0. The molecule has 0 bridgehead atoms. The summed E-state index contributed by atoms with van der Waals surface area (Å²) < 4.78 is 51.1. The summed E-state index contributed by atoms with van der Waals surface area (Å²) in [5.74, 6) is 0. The molecule has 1 rings (SSSR count). The Hall–Kier alpha value is -0.480. The van der Waals surface area contributed by atoms with E-state index in [2.05, 4.69) is 10.0 Å². The van der Waals surface area contributed by atoms with Gasteiger partial charge in [0.1, 0.15) is 0 Å². The highest BCUT2D eigenvalue weighted by Crippen LogP contribution is 2.17. The van der Waals surface area contributed by atoms with E-state index in [1.807, 2.05) is 6.92 Å². The molecule has 0 aromatic carbocycles. The van der Waals surface area contributed by atoms with E-state index in [1.165, 1.54) is 0 Å². The minimum Gasteiger partial charge on any atom is -0.308 e. The van der Waals surface area contributed by atoms with Crippen molar-refractivity contribution in [2.75, 3.05) is 25.6 Å². The summed E-state index contributed by atoms with van der Waals surface area (Å²) in [4.78, 5) is 0. The zero-order valence-electron chi connectivity index (χ0n) is 11.2. The van der Waals surface area contributed by atoms with Gasteiger partial charge < -0.3 is 5.32 Å². The van der Waals surface area contributed by atoms with Crippen LogP contribution in [0.25, 0.3) is 0 Å². The largest absolute Gasteiger partial charge is 0.308 e. The Morgan fingerprint density at radius 3 is 2.53 bits per heavy atom. The third-order valence-corrected chi connectivity index (χ3v) is 4.03. The average molecular weight is 312 g/mol. The first-order valence-electron chi connectivity index (χ1n) is 5.80. The Morgan fingerprint density at radius 1 is 1.37 bits per heavy atom. The number of hydrogen-bond acceptors (Lipinski definition) is 6. The highest BCUT2D eigenvalue weighted by molar-refractivity contribution is 7.88. The molecule has 0 spiro atoms. The Balaban J connectivity index is 2.48. The van der Waals surface area contributed by atoms with Gasteiger partial charge in [0.2, 0.25) is 10.0 Å². The second-order valence-electron chi connectivity index (χ2n) is 4.69. The molecule has 0 saturated carbocycles. The van der Waals surface area contributed by atoms with Crippen LogP contribution >= 0.6 is 0 Å². The molecule has 0 aliphatic carbocycles. The van der Waals surface area contributed by atoms with E-state index in [4.69, 9.17) is 4.18 Å². The minimum atomic E-state index is -3.44. The molecule has 19 heavy (non-hydrogen) atoms. The predicted octanol–water partition coefficient (Wildman–Crippen LogP) is -0.811. The van der Waals surface area contributed by atoms with Crippen molar-refractivity contribution in [2.45, 2.75) is 25.5 Å². The maximum absolute atomic E-state index is 11.0. The van der Waals surface area contributed by atoms with E-state index < -0.39 is 20.1 Å². The van der Waals surface area contributed by atoms with Crippen LogP contribution < -0.4 is 10.0 Å². The molecule has 7 nitrogen and oxygen atoms in total. The van der Waals surface area contributed by atoms with Gasteiger partial charge in [-0.1, -0.05) is 11.6 Å². The lowest BCUT2D eigenvalue weighted by atomic mass is 10.1. The van der Waals surface area contributed by atoms with Crippen LogP contribution in [0.4, 0.5) is 0 Å². The topological polar surface area (TPSA) is 102 Å². The van der Waals surface area contributed by atoms with Gasteiger partial charge >= 0.3 is 0 Å². The Kier molecular flexibility index (Phi) is 5.51. The van der Waals surface area contributed by atoms with Gasteiger partial charge in [-0.2, -0.15) is 8.42 Å². The third-order valence-electron chi connectivity index (χ3n) is 2.72. The predicted molar refractivity (Wildman–Crippen MR) is 72.7 cm³/mol. The lowest BCUT2D eigenvalue weighted by Gasteiger charge is -2.11. The first-order chi connectivity index (χ1) is 8.57. The van der Waals surface area contributed by atoms with Gasteiger partial charge in [0, 0.05) is 19.1 Å². The molecule has 112 valence electrons. The summed E-state index contributed by atoms with van der Waals surface area (Å²) >= 11 is 0. The molecule has 1 fully saturated rings. The van der Waals surface area contributed by atoms with Gasteiger partial charge in [-0.15, -0.1) is 0 Å². The van der Waals surface area contributed by atoms with Crippen LogP contribution in [0.1, 0.15) is 13.3 Å². The van der Waals surface area contributed by atoms with E-state index in [1.54, 1.807) is 6.08 Å². The van der Waals surface area contributed by atoms with Crippen molar-refractivity contribution in [1.29, 1.82) is 0 Å². The monoisotopic (exact) mass is 312 g/mol. The average Bonchev–Trinajstić information content (AvgIpc) is 2.61. The van der Waals surface area contributed by atoms with Crippen molar-refractivity contribution in [1.82, 2.24) is 10.0 Å². The summed E-state index contributed by atoms with van der Waals surface area (Å²) in [7, 11) is -6.64. The van der Waals surface area contributed by atoms with Gasteiger partial charge in [0.25, 0.3) is 10.1 Å². The molecule has 2 N–H and O–H groups in total. The molecule has 0 radical (unpaired) electrons. The summed E-state index contributed by atoms with van der Waals surface area (Å²) in [6, 6.07) is 0.00751. The Morgan fingerprint density at radius 2 is 2.00 bits per heavy atom. The molecule has 0 amide bonds. The van der Waals surface area contributed by atoms with Crippen molar-refractivity contribution >= 4 is 20.1 Å². The molecule has 0 aromatic rings. The van der Waals surface area contributed by atoms with E-state index in [9.17, 15) is 16.8 Å². The summed E-state index contributed by atoms with van der Waals surface area (Å²) in [5.41, 5.74) is 0.954. The van der Waals surface area contributed by atoms with Crippen LogP contribution in [0.5, 0.6) is 0 Å². The Labute approximate surface area is 114 Å². The highest BCUT2D eigenvalue weighted by Gasteiger charge is 2.28. The number of hydrogen-bond donors (Lipinski definition) is 2. The molecule has 1 saturated heterocycles. The first-order valence-corrected chi connectivity index (χ1v) is 9.50. The maximum Gasteiger partial charge on any atom is 0.264 e. The second kappa shape index (κ2) is 6.31. The molecule has 1 aliphatic heterocycles. The van der Waals surface area contributed by atoms with Crippen LogP contribution in [0.2, 0.25) is 0 Å². The van der Waals surface area contributed by atoms with Crippen LogP contribution in [0.15, 0.2) is 11.6 Å². The van der Waals surface area contributed by atoms with E-state index >= 15 is 0 Å². The van der Waals surface area contributed by atoms with E-state index in [0.717, 1.165) is 18.1 Å². The minimum absolute atomic E-state index is 0.00751. The van der Waals surface area contributed by atoms with Crippen molar-refractivity contribution in [2.24, 2.45) is 0 Å². The standard InChI is InChI=1S/C10H20N2O5S2/c1-8(4-5-12-18(2,13)14)10-6-9(7-11-10)17-19(3,15)16/h4,9-12H,5-7H2,1-3H3. The van der Waals surface area contributed by atoms with Gasteiger partial charge in [-0.25, -0.2) is 13.1 Å². The van der Waals surface area contributed by atoms with Gasteiger partial charge in [-0.3, -0.25) is 4.18 Å². The quantitative estimate of drug-likeness (QED) is 0.491. The number of nitrogens with one attached hydrogen (secondary N) is 2. The summed E-state index contributed by atoms with van der Waals surface area (Å²) in [6.45, 7) is 2.55. The molecule has 1 heterocycles. The molecular formula is C10H20N2O5S2. The van der Waals surface area contributed by atoms with Crippen molar-refractivity contribution in [3.63, 3.8) is 0 Å². The van der Waals surface area contributed by atoms with Crippen molar-refractivity contribution < 1.29 is 21.0 Å². The molecule has 1 aliphatic rings. The fourth-order valence-electron chi connectivity index (χ4n) is 1.87. The van der Waals surface area contributed by atoms with Gasteiger partial charge in [-0.05, 0) is 13.3 Å². The zero-order valence-corrected chi connectivity index (χ0v) is 12.8. The molecule has 2 unspecified atom stereocenters. The second-order valence-corrected chi connectivity index (χ2v) is 8.12. The third kappa shape index (κ3) is 7.02. The summed E-state index contributed by atoms with van der Waals surface area (Å²) in [6.07, 6.45) is 4.07. The number of sulfonamides is 1. The van der Waals surface area contributed by atoms with Crippen molar-refractivity contribution in [3.05, 3.63) is 11.6 Å². The van der Waals surface area contributed by atoms with Crippen LogP contribution in [-0.4, -0.2) is 54.6 Å². The van der Waals surface area contributed by atoms with Crippen molar-refractivity contribution in [3.8, 4) is 0 Å². The van der Waals surface area contributed by atoms with Crippen LogP contribution in [-0.2, 0) is 24.3 Å². The molecular weight excluding hydrogens is 292 g/mol. The SMILES string of the molecule is CC(=CCNS(C)(=O)=O)C1CC(OS(C)(=O)=O)CN1. The number of rotatable bonds is 6. The Bertz CT molecular complexity index is 538. The molecule has 9 heteroatoms. The molecule has 0 aromatic heterocycles. The smallest absolute Gasteiger partial charge is 0.264 e. The normalized spacial score (nSPS) is 25.7. The lowest BCUT2D eigenvalue weighted by molar-refractivity contribution is 0.230. The van der Waals surface area contributed by atoms with Crippen LogP contribution in [0.3, 0.4) is 0 Å². The van der Waals surface area contributed by atoms with E-state index in [-0.39, 0.29) is 18.7 Å². The lowest BCUT2D eigenvalue weighted by Crippen LogP contribution is -2.25. The van der Waals surface area contributed by atoms with Gasteiger partial charge in [0.15, 0.2) is 0 Å². The van der Waals surface area contributed by atoms with Gasteiger partial charge in [0.05, 0.1) is 18.6 Å². The zero-order chi connectivity index (χ0) is 14.7. The highest BCUT2D eigenvalue weighted by atomic mass is 32.2. The van der Waals surface area contributed by atoms with E-state index in [0.29, 0.717) is 13.0 Å². The summed E-state index contributed by atoms with van der Waals surface area (Å²) in [5, 5.41) is 3.14. The fourth-order valence-corrected chi connectivity index (χ4v) is 2.89. The van der Waals surface area contributed by atoms with Crippen LogP contribution in [0, 0.1) is 0 Å². The fraction of sp³-hybridized carbons (Fsp3) is 0.800. The first kappa shape index (κ1) is 16.6. The molecule has 2 atom stereocenters.